The van der Waals surface area contributed by atoms with Gasteiger partial charge >= 0.3 is 6.03 Å². The third kappa shape index (κ3) is 4.67. The zero-order valence-electron chi connectivity index (χ0n) is 15.7. The molecule has 1 heterocycles. The molecule has 5 nitrogen and oxygen atoms in total. The van der Waals surface area contributed by atoms with Gasteiger partial charge in [-0.25, -0.2) is 9.69 Å². The highest BCUT2D eigenvalue weighted by Crippen LogP contribution is 2.22. The second kappa shape index (κ2) is 8.11. The van der Waals surface area contributed by atoms with Gasteiger partial charge in [-0.1, -0.05) is 54.1 Å². The van der Waals surface area contributed by atoms with Crippen LogP contribution in [-0.4, -0.2) is 36.1 Å². The largest absolute Gasteiger partial charge is 0.329 e. The average molecular weight is 387 g/mol. The molecule has 0 aromatic heterocycles. The topological polar surface area (TPSA) is 53.9 Å². The number of imide groups is 1. The monoisotopic (exact) mass is 386 g/mol. The van der Waals surface area contributed by atoms with E-state index in [1.165, 1.54) is 4.90 Å². The van der Waals surface area contributed by atoms with Crippen molar-refractivity contribution in [3.05, 3.63) is 70.7 Å². The molecule has 0 bridgehead atoms. The lowest BCUT2D eigenvalue weighted by Crippen LogP contribution is -3.09. The molecule has 3 rings (SSSR count). The standard InChI is InChI=1S/C21H24ClN3O2/c1-21(12-11-16-7-4-3-5-8-16)19(26)25(20(27)23-21)15-24(2)14-17-9-6-10-18(22)13-17/h3-10,13H,11-12,14-15H2,1-2H3,(H,23,27)/p+1/t21-/m1/s1. The minimum absolute atomic E-state index is 0.158. The third-order valence-electron chi connectivity index (χ3n) is 4.92. The zero-order chi connectivity index (χ0) is 19.4. The van der Waals surface area contributed by atoms with Crippen molar-refractivity contribution in [3.63, 3.8) is 0 Å². The fraction of sp³-hybridized carbons (Fsp3) is 0.333. The van der Waals surface area contributed by atoms with Gasteiger partial charge < -0.3 is 10.2 Å². The van der Waals surface area contributed by atoms with Crippen molar-refractivity contribution in [2.75, 3.05) is 13.7 Å². The minimum Gasteiger partial charge on any atom is -0.323 e. The molecule has 2 atom stereocenters. The zero-order valence-corrected chi connectivity index (χ0v) is 16.4. The SMILES string of the molecule is C[NH+](Cc1cccc(Cl)c1)CN1C(=O)N[C@](C)(CCc2ccccc2)C1=O. The molecule has 1 aliphatic heterocycles. The molecule has 1 unspecified atom stereocenters. The lowest BCUT2D eigenvalue weighted by atomic mass is 9.93. The van der Waals surface area contributed by atoms with E-state index in [0.29, 0.717) is 24.7 Å². The first-order valence-electron chi connectivity index (χ1n) is 9.11. The van der Waals surface area contributed by atoms with Crippen LogP contribution in [-0.2, 0) is 17.8 Å². The molecule has 3 amide bonds. The summed E-state index contributed by atoms with van der Waals surface area (Å²) in [6.07, 6.45) is 1.31. The number of nitrogens with zero attached hydrogens (tertiary/aromatic N) is 1. The molecule has 2 aromatic carbocycles. The predicted molar refractivity (Wildman–Crippen MR) is 105 cm³/mol. The summed E-state index contributed by atoms with van der Waals surface area (Å²) in [6, 6.07) is 17.3. The van der Waals surface area contributed by atoms with E-state index in [1.54, 1.807) is 0 Å². The van der Waals surface area contributed by atoms with Crippen molar-refractivity contribution < 1.29 is 14.5 Å². The molecule has 1 saturated heterocycles. The van der Waals surface area contributed by atoms with Gasteiger partial charge in [0.1, 0.15) is 12.1 Å². The van der Waals surface area contributed by atoms with Crippen LogP contribution in [0.3, 0.4) is 0 Å². The van der Waals surface area contributed by atoms with Crippen molar-refractivity contribution in [1.29, 1.82) is 0 Å². The summed E-state index contributed by atoms with van der Waals surface area (Å²) in [5.74, 6) is -0.158. The van der Waals surface area contributed by atoms with E-state index in [0.717, 1.165) is 22.4 Å². The number of urea groups is 1. The van der Waals surface area contributed by atoms with Gasteiger partial charge in [0, 0.05) is 10.6 Å². The Kier molecular flexibility index (Phi) is 5.82. The van der Waals surface area contributed by atoms with Crippen molar-refractivity contribution in [1.82, 2.24) is 10.2 Å². The molecule has 2 aromatic rings. The van der Waals surface area contributed by atoms with Crippen LogP contribution in [0, 0.1) is 0 Å². The molecule has 6 heteroatoms. The maximum atomic E-state index is 12.9. The Bertz CT molecular complexity index is 827. The molecule has 1 fully saturated rings. The summed E-state index contributed by atoms with van der Waals surface area (Å²) in [5, 5.41) is 3.57. The number of nitrogens with one attached hydrogen (secondary N) is 2. The van der Waals surface area contributed by atoms with Crippen molar-refractivity contribution in [2.45, 2.75) is 31.8 Å². The van der Waals surface area contributed by atoms with E-state index in [1.807, 2.05) is 68.6 Å². The first-order valence-corrected chi connectivity index (χ1v) is 9.49. The van der Waals surface area contributed by atoms with E-state index in [4.69, 9.17) is 11.6 Å². The number of carbonyl (C=O) groups excluding carboxylic acids is 2. The van der Waals surface area contributed by atoms with Crippen LogP contribution in [0.2, 0.25) is 5.02 Å². The van der Waals surface area contributed by atoms with Gasteiger partial charge in [0.05, 0.1) is 7.05 Å². The summed E-state index contributed by atoms with van der Waals surface area (Å²) in [4.78, 5) is 27.7. The second-order valence-corrected chi connectivity index (χ2v) is 7.84. The molecule has 0 saturated carbocycles. The number of amides is 3. The average Bonchev–Trinajstić information content (AvgIpc) is 2.84. The molecule has 0 spiro atoms. The third-order valence-corrected chi connectivity index (χ3v) is 5.16. The van der Waals surface area contributed by atoms with Crippen LogP contribution in [0.5, 0.6) is 0 Å². The molecule has 0 radical (unpaired) electrons. The summed E-state index contributed by atoms with van der Waals surface area (Å²) in [5.41, 5.74) is 1.37. The molecular weight excluding hydrogens is 362 g/mol. The van der Waals surface area contributed by atoms with E-state index < -0.39 is 5.54 Å². The summed E-state index contributed by atoms with van der Waals surface area (Å²) < 4.78 is 0. The number of hydrogen-bond donors (Lipinski definition) is 2. The number of carbonyl (C=O) groups is 2. The van der Waals surface area contributed by atoms with Crippen molar-refractivity contribution >= 4 is 23.5 Å². The Morgan fingerprint density at radius 1 is 1.07 bits per heavy atom. The van der Waals surface area contributed by atoms with Crippen molar-refractivity contribution in [3.8, 4) is 0 Å². The number of halogens is 1. The summed E-state index contributed by atoms with van der Waals surface area (Å²) in [7, 11) is 1.96. The Labute approximate surface area is 164 Å². The fourth-order valence-corrected chi connectivity index (χ4v) is 3.63. The van der Waals surface area contributed by atoms with E-state index in [2.05, 4.69) is 5.32 Å². The maximum Gasteiger partial charge on any atom is 0.329 e. The molecular formula is C21H25ClN3O2+. The normalized spacial score (nSPS) is 20.6. The number of benzene rings is 2. The highest BCUT2D eigenvalue weighted by molar-refractivity contribution is 6.30. The molecule has 0 aliphatic carbocycles. The van der Waals surface area contributed by atoms with E-state index in [-0.39, 0.29) is 11.9 Å². The van der Waals surface area contributed by atoms with Gasteiger partial charge in [0.2, 0.25) is 0 Å². The summed E-state index contributed by atoms with van der Waals surface area (Å²) in [6.45, 7) is 2.80. The molecule has 27 heavy (non-hydrogen) atoms. The van der Waals surface area contributed by atoms with Crippen LogP contribution in [0.15, 0.2) is 54.6 Å². The smallest absolute Gasteiger partial charge is 0.323 e. The Morgan fingerprint density at radius 3 is 2.48 bits per heavy atom. The van der Waals surface area contributed by atoms with Gasteiger partial charge in [-0.15, -0.1) is 0 Å². The predicted octanol–water partition coefficient (Wildman–Crippen LogP) is 2.26. The molecule has 142 valence electrons. The summed E-state index contributed by atoms with van der Waals surface area (Å²) >= 11 is 6.03. The lowest BCUT2D eigenvalue weighted by Gasteiger charge is -2.23. The van der Waals surface area contributed by atoms with Gasteiger partial charge in [-0.2, -0.15) is 0 Å². The molecule has 2 N–H and O–H groups in total. The van der Waals surface area contributed by atoms with Gasteiger partial charge in [-0.3, -0.25) is 4.79 Å². The van der Waals surface area contributed by atoms with E-state index in [9.17, 15) is 9.59 Å². The van der Waals surface area contributed by atoms with Crippen LogP contribution in [0.4, 0.5) is 4.79 Å². The second-order valence-electron chi connectivity index (χ2n) is 7.40. The number of hydrogen-bond acceptors (Lipinski definition) is 2. The lowest BCUT2D eigenvalue weighted by molar-refractivity contribution is -0.901. The van der Waals surface area contributed by atoms with Gasteiger partial charge in [0.15, 0.2) is 6.67 Å². The van der Waals surface area contributed by atoms with Crippen molar-refractivity contribution in [2.24, 2.45) is 0 Å². The molecule has 1 aliphatic rings. The Morgan fingerprint density at radius 2 is 1.78 bits per heavy atom. The highest BCUT2D eigenvalue weighted by Gasteiger charge is 2.48. The number of rotatable bonds is 7. The minimum atomic E-state index is -0.858. The Balaban J connectivity index is 1.61. The van der Waals surface area contributed by atoms with E-state index >= 15 is 0 Å². The van der Waals surface area contributed by atoms with Crippen LogP contribution in [0.1, 0.15) is 24.5 Å². The Hall–Kier alpha value is -2.37. The number of quaternary nitrogens is 1. The maximum absolute atomic E-state index is 12.9. The van der Waals surface area contributed by atoms with Crippen LogP contribution < -0.4 is 10.2 Å². The highest BCUT2D eigenvalue weighted by atomic mass is 35.5. The quantitative estimate of drug-likeness (QED) is 0.717. The first kappa shape index (κ1) is 19.4. The number of aryl methyl sites for hydroxylation is 1. The van der Waals surface area contributed by atoms with Crippen LogP contribution >= 0.6 is 11.6 Å². The van der Waals surface area contributed by atoms with Gasteiger partial charge in [0.25, 0.3) is 5.91 Å². The fourth-order valence-electron chi connectivity index (χ4n) is 3.42. The van der Waals surface area contributed by atoms with Gasteiger partial charge in [-0.05, 0) is 37.5 Å². The van der Waals surface area contributed by atoms with Crippen LogP contribution in [0.25, 0.3) is 0 Å². The first-order chi connectivity index (χ1) is 12.9.